The van der Waals surface area contributed by atoms with E-state index in [2.05, 4.69) is 26.2 Å². The normalized spacial score (nSPS) is 20.2. The van der Waals surface area contributed by atoms with Crippen LogP contribution in [0.1, 0.15) is 18.7 Å². The summed E-state index contributed by atoms with van der Waals surface area (Å²) < 4.78 is 2.90. The molecule has 2 aromatic heterocycles. The van der Waals surface area contributed by atoms with Crippen molar-refractivity contribution in [2.24, 2.45) is 0 Å². The molecule has 3 heterocycles. The Labute approximate surface area is 108 Å². The average molecular weight is 295 g/mol. The lowest BCUT2D eigenvalue weighted by Crippen LogP contribution is -2.24. The topological polar surface area (TPSA) is 55.3 Å². The molecule has 2 aromatic rings. The minimum Gasteiger partial charge on any atom is -0.385 e. The highest BCUT2D eigenvalue weighted by Crippen LogP contribution is 2.23. The zero-order valence-corrected chi connectivity index (χ0v) is 11.1. The molecule has 90 valence electrons. The van der Waals surface area contributed by atoms with Crippen molar-refractivity contribution >= 4 is 27.3 Å². The Morgan fingerprint density at radius 1 is 1.53 bits per heavy atom. The van der Waals surface area contributed by atoms with E-state index < -0.39 is 0 Å². The number of hydrogen-bond acceptors (Lipinski definition) is 3. The zero-order valence-electron chi connectivity index (χ0n) is 9.49. The SMILES string of the molecule is Nc1cccc2c(Br)nc(CC3CCCN3)n12. The van der Waals surface area contributed by atoms with Gasteiger partial charge in [0.2, 0.25) is 0 Å². The van der Waals surface area contributed by atoms with E-state index in [0.717, 1.165) is 34.7 Å². The molecule has 5 heteroatoms. The summed E-state index contributed by atoms with van der Waals surface area (Å²) in [4.78, 5) is 4.57. The summed E-state index contributed by atoms with van der Waals surface area (Å²) in [5.41, 5.74) is 7.07. The van der Waals surface area contributed by atoms with Crippen molar-refractivity contribution < 1.29 is 0 Å². The van der Waals surface area contributed by atoms with Gasteiger partial charge in [0.05, 0.1) is 5.52 Å². The lowest BCUT2D eigenvalue weighted by Gasteiger charge is -2.10. The summed E-state index contributed by atoms with van der Waals surface area (Å²) in [5.74, 6) is 1.78. The van der Waals surface area contributed by atoms with Gasteiger partial charge in [-0.2, -0.15) is 0 Å². The summed E-state index contributed by atoms with van der Waals surface area (Å²) in [6.45, 7) is 1.12. The van der Waals surface area contributed by atoms with E-state index in [4.69, 9.17) is 5.73 Å². The second kappa shape index (κ2) is 4.31. The Hall–Kier alpha value is -1.07. The van der Waals surface area contributed by atoms with E-state index in [9.17, 15) is 0 Å². The number of anilines is 1. The summed E-state index contributed by atoms with van der Waals surface area (Å²) in [7, 11) is 0. The summed E-state index contributed by atoms with van der Waals surface area (Å²) in [6.07, 6.45) is 3.41. The van der Waals surface area contributed by atoms with Crippen LogP contribution in [0.15, 0.2) is 22.8 Å². The number of fused-ring (bicyclic) bond motifs is 1. The molecule has 0 aliphatic carbocycles. The third-order valence-electron chi connectivity index (χ3n) is 3.31. The summed E-state index contributed by atoms with van der Waals surface area (Å²) in [6, 6.07) is 6.42. The monoisotopic (exact) mass is 294 g/mol. The number of nitrogens with one attached hydrogen (secondary N) is 1. The number of aromatic nitrogens is 2. The number of nitrogens with two attached hydrogens (primary N) is 1. The van der Waals surface area contributed by atoms with Gasteiger partial charge in [-0.05, 0) is 47.4 Å². The molecule has 0 radical (unpaired) electrons. The highest BCUT2D eigenvalue weighted by atomic mass is 79.9. The molecule has 17 heavy (non-hydrogen) atoms. The number of imidazole rings is 1. The Morgan fingerprint density at radius 2 is 2.41 bits per heavy atom. The summed E-state index contributed by atoms with van der Waals surface area (Å²) in [5, 5.41) is 3.49. The number of hydrogen-bond donors (Lipinski definition) is 2. The van der Waals surface area contributed by atoms with Gasteiger partial charge in [-0.3, -0.25) is 4.40 Å². The van der Waals surface area contributed by atoms with E-state index in [1.807, 2.05) is 22.6 Å². The molecule has 1 saturated heterocycles. The van der Waals surface area contributed by atoms with Gasteiger partial charge < -0.3 is 11.1 Å². The van der Waals surface area contributed by atoms with Crippen molar-refractivity contribution in [2.75, 3.05) is 12.3 Å². The lowest BCUT2D eigenvalue weighted by atomic mass is 10.1. The van der Waals surface area contributed by atoms with Crippen LogP contribution in [0.3, 0.4) is 0 Å². The molecule has 3 N–H and O–H groups in total. The van der Waals surface area contributed by atoms with E-state index >= 15 is 0 Å². The average Bonchev–Trinajstić information content (AvgIpc) is 2.90. The maximum absolute atomic E-state index is 6.03. The van der Waals surface area contributed by atoms with Gasteiger partial charge >= 0.3 is 0 Å². The van der Waals surface area contributed by atoms with Crippen molar-refractivity contribution in [1.29, 1.82) is 0 Å². The summed E-state index contributed by atoms with van der Waals surface area (Å²) >= 11 is 3.49. The number of pyridine rings is 1. The van der Waals surface area contributed by atoms with E-state index in [1.54, 1.807) is 0 Å². The second-order valence-electron chi connectivity index (χ2n) is 4.49. The smallest absolute Gasteiger partial charge is 0.132 e. The van der Waals surface area contributed by atoms with Gasteiger partial charge in [0, 0.05) is 12.5 Å². The van der Waals surface area contributed by atoms with E-state index in [-0.39, 0.29) is 0 Å². The predicted molar refractivity (Wildman–Crippen MR) is 72.0 cm³/mol. The van der Waals surface area contributed by atoms with Crippen molar-refractivity contribution in [3.8, 4) is 0 Å². The molecular weight excluding hydrogens is 280 g/mol. The van der Waals surface area contributed by atoms with Gasteiger partial charge in [0.15, 0.2) is 0 Å². The van der Waals surface area contributed by atoms with Gasteiger partial charge in [0.1, 0.15) is 16.2 Å². The second-order valence-corrected chi connectivity index (χ2v) is 5.24. The minimum atomic E-state index is 0.534. The van der Waals surface area contributed by atoms with Crippen LogP contribution in [0.25, 0.3) is 5.52 Å². The predicted octanol–water partition coefficient (Wildman–Crippen LogP) is 1.97. The Balaban J connectivity index is 2.03. The molecule has 4 nitrogen and oxygen atoms in total. The molecule has 1 fully saturated rings. The first-order chi connectivity index (χ1) is 8.25. The molecule has 1 unspecified atom stereocenters. The van der Waals surface area contributed by atoms with Crippen LogP contribution in [-0.2, 0) is 6.42 Å². The Bertz CT molecular complexity index is 543. The first-order valence-corrected chi connectivity index (χ1v) is 6.69. The number of rotatable bonds is 2. The fraction of sp³-hybridized carbons (Fsp3) is 0.417. The quantitative estimate of drug-likeness (QED) is 0.890. The highest BCUT2D eigenvalue weighted by Gasteiger charge is 2.19. The van der Waals surface area contributed by atoms with Crippen LogP contribution in [0.2, 0.25) is 0 Å². The third-order valence-corrected chi connectivity index (χ3v) is 3.89. The zero-order chi connectivity index (χ0) is 11.8. The molecule has 0 bridgehead atoms. The molecule has 0 saturated carbocycles. The van der Waals surface area contributed by atoms with Crippen LogP contribution in [0.5, 0.6) is 0 Å². The number of nitrogens with zero attached hydrogens (tertiary/aromatic N) is 2. The van der Waals surface area contributed by atoms with Crippen molar-refractivity contribution in [1.82, 2.24) is 14.7 Å². The molecule has 1 aliphatic heterocycles. The molecule has 3 rings (SSSR count). The van der Waals surface area contributed by atoms with Crippen LogP contribution >= 0.6 is 15.9 Å². The maximum atomic E-state index is 6.03. The molecule has 1 aliphatic rings. The molecule has 0 aromatic carbocycles. The first kappa shape index (κ1) is 11.0. The van der Waals surface area contributed by atoms with E-state index in [1.165, 1.54) is 12.8 Å². The molecule has 1 atom stereocenters. The number of halogens is 1. The number of nitrogen functional groups attached to an aromatic ring is 1. The fourth-order valence-corrected chi connectivity index (χ4v) is 3.00. The first-order valence-electron chi connectivity index (χ1n) is 5.90. The van der Waals surface area contributed by atoms with Gasteiger partial charge in [-0.15, -0.1) is 0 Å². The van der Waals surface area contributed by atoms with Crippen LogP contribution < -0.4 is 11.1 Å². The minimum absolute atomic E-state index is 0.534. The fourth-order valence-electron chi connectivity index (χ4n) is 2.48. The van der Waals surface area contributed by atoms with Gasteiger partial charge in [-0.25, -0.2) is 4.98 Å². The van der Waals surface area contributed by atoms with Crippen LogP contribution in [0.4, 0.5) is 5.82 Å². The molecular formula is C12H15BrN4. The van der Waals surface area contributed by atoms with Crippen molar-refractivity contribution in [3.63, 3.8) is 0 Å². The standard InChI is InChI=1S/C12H15BrN4/c13-12-9-4-1-5-10(14)17(9)11(16-12)7-8-3-2-6-15-8/h1,4-5,8,15H,2-3,6-7,14H2. The van der Waals surface area contributed by atoms with Gasteiger partial charge in [-0.1, -0.05) is 6.07 Å². The molecule has 0 spiro atoms. The van der Waals surface area contributed by atoms with Crippen molar-refractivity contribution in [2.45, 2.75) is 25.3 Å². The van der Waals surface area contributed by atoms with Crippen molar-refractivity contribution in [3.05, 3.63) is 28.6 Å². The largest absolute Gasteiger partial charge is 0.385 e. The lowest BCUT2D eigenvalue weighted by molar-refractivity contribution is 0.584. The van der Waals surface area contributed by atoms with Gasteiger partial charge in [0.25, 0.3) is 0 Å². The van der Waals surface area contributed by atoms with E-state index in [0.29, 0.717) is 6.04 Å². The van der Waals surface area contributed by atoms with Crippen LogP contribution in [0, 0.1) is 0 Å². The Kier molecular flexibility index (Phi) is 2.80. The van der Waals surface area contributed by atoms with Crippen LogP contribution in [-0.4, -0.2) is 22.0 Å². The highest BCUT2D eigenvalue weighted by molar-refractivity contribution is 9.10. The maximum Gasteiger partial charge on any atom is 0.132 e. The third kappa shape index (κ3) is 1.93. The Morgan fingerprint density at radius 3 is 3.18 bits per heavy atom. The molecule has 0 amide bonds.